The molecule has 17 nitrogen and oxygen atoms in total. The molecule has 0 aromatic rings. The lowest BCUT2D eigenvalue weighted by molar-refractivity contribution is -0.161. The molecule has 0 saturated heterocycles. The first-order chi connectivity index (χ1) is 46.3. The van der Waals surface area contributed by atoms with Crippen molar-refractivity contribution in [1.82, 2.24) is 0 Å². The molecule has 570 valence electrons. The second-order valence-electron chi connectivity index (χ2n) is 28.9. The number of phosphoric acid groups is 2. The van der Waals surface area contributed by atoms with Crippen molar-refractivity contribution in [2.75, 3.05) is 39.6 Å². The molecule has 0 amide bonds. The predicted octanol–water partition coefficient (Wildman–Crippen LogP) is 22.6. The number of aliphatic hydroxyl groups excluding tert-OH is 1. The highest BCUT2D eigenvalue weighted by atomic mass is 31.2. The first kappa shape index (κ1) is 94.1. The van der Waals surface area contributed by atoms with Crippen molar-refractivity contribution in [1.29, 1.82) is 0 Å². The average molecular weight is 1410 g/mol. The summed E-state index contributed by atoms with van der Waals surface area (Å²) in [5.74, 6) is 0.123. The van der Waals surface area contributed by atoms with Gasteiger partial charge < -0.3 is 33.8 Å². The minimum atomic E-state index is -4.96. The quantitative estimate of drug-likeness (QED) is 0.0222. The van der Waals surface area contributed by atoms with Crippen LogP contribution < -0.4 is 0 Å². The normalized spacial score (nSPS) is 14.3. The third-order valence-electron chi connectivity index (χ3n) is 18.2. The summed E-state index contributed by atoms with van der Waals surface area (Å²) in [7, 11) is -9.91. The van der Waals surface area contributed by atoms with Crippen LogP contribution in [0.15, 0.2) is 0 Å². The first-order valence-corrected chi connectivity index (χ1v) is 42.9. The van der Waals surface area contributed by atoms with Gasteiger partial charge in [-0.3, -0.25) is 37.3 Å². The maximum absolute atomic E-state index is 13.1. The molecule has 96 heavy (non-hydrogen) atoms. The number of rotatable bonds is 75. The number of hydrogen-bond donors (Lipinski definition) is 3. The Morgan fingerprint density at radius 3 is 0.792 bits per heavy atom. The van der Waals surface area contributed by atoms with E-state index in [2.05, 4.69) is 48.5 Å². The standard InChI is InChI=1S/C77H150O17P2/c1-8-10-11-12-13-14-15-16-17-18-19-20-24-27-30-36-44-51-58-74(79)87-64-72(93-76(81)60-53-46-37-31-28-25-22-21-23-26-29-35-43-50-57-70(7)9-2)66-91-95(83,84)89-62-71(78)63-90-96(85,86)92-67-73(65-88-75(80)59-52-45-40-39-42-49-56-69(5)6)94-77(82)61-54-47-38-33-32-34-41-48-55-68(3)4/h68-73,78H,8-67H2,1-7H3,(H,83,84)(H,85,86)/t70?,71-,72-,73-/m1/s1. The Balaban J connectivity index is 5.22. The largest absolute Gasteiger partial charge is 0.472 e. The van der Waals surface area contributed by atoms with E-state index >= 15 is 0 Å². The van der Waals surface area contributed by atoms with E-state index in [4.69, 9.17) is 37.0 Å². The Kier molecular flexibility index (Phi) is 66.2. The van der Waals surface area contributed by atoms with Gasteiger partial charge in [-0.2, -0.15) is 0 Å². The fraction of sp³-hybridized carbons (Fsp3) is 0.948. The van der Waals surface area contributed by atoms with Crippen LogP contribution in [0.1, 0.15) is 395 Å². The van der Waals surface area contributed by atoms with E-state index < -0.39 is 97.5 Å². The number of ether oxygens (including phenoxy) is 4. The average Bonchev–Trinajstić information content (AvgIpc) is 1.38. The summed E-state index contributed by atoms with van der Waals surface area (Å²) >= 11 is 0. The van der Waals surface area contributed by atoms with Gasteiger partial charge in [-0.05, 0) is 43.4 Å². The van der Waals surface area contributed by atoms with Crippen LogP contribution in [0, 0.1) is 17.8 Å². The summed E-state index contributed by atoms with van der Waals surface area (Å²) < 4.78 is 68.5. The number of phosphoric ester groups is 2. The topological polar surface area (TPSA) is 237 Å². The second kappa shape index (κ2) is 67.5. The van der Waals surface area contributed by atoms with Gasteiger partial charge in [0.05, 0.1) is 26.4 Å². The summed E-state index contributed by atoms with van der Waals surface area (Å²) in [5.41, 5.74) is 0. The zero-order chi connectivity index (χ0) is 70.9. The second-order valence-corrected chi connectivity index (χ2v) is 31.8. The summed E-state index contributed by atoms with van der Waals surface area (Å²) in [5, 5.41) is 10.6. The number of aliphatic hydroxyl groups is 1. The predicted molar refractivity (Wildman–Crippen MR) is 391 cm³/mol. The SMILES string of the molecule is CCCCCCCCCCCCCCCCCCCCC(=O)OC[C@H](COP(=O)(O)OC[C@@H](O)COP(=O)(O)OC[C@@H](COC(=O)CCCCCCCCC(C)C)OC(=O)CCCCCCCCCCC(C)C)OC(=O)CCCCCCCCCCCCCCCCC(C)CC. The molecule has 0 rings (SSSR count). The van der Waals surface area contributed by atoms with E-state index in [0.717, 1.165) is 108 Å². The summed E-state index contributed by atoms with van der Waals surface area (Å²) in [6.45, 7) is 11.8. The van der Waals surface area contributed by atoms with Gasteiger partial charge in [0.1, 0.15) is 19.3 Å². The van der Waals surface area contributed by atoms with Crippen molar-refractivity contribution in [3.8, 4) is 0 Å². The van der Waals surface area contributed by atoms with Crippen LogP contribution in [0.4, 0.5) is 0 Å². The lowest BCUT2D eigenvalue weighted by atomic mass is 9.99. The smallest absolute Gasteiger partial charge is 0.462 e. The molecule has 0 radical (unpaired) electrons. The van der Waals surface area contributed by atoms with Gasteiger partial charge >= 0.3 is 39.5 Å². The minimum absolute atomic E-state index is 0.103. The summed E-state index contributed by atoms with van der Waals surface area (Å²) in [6, 6.07) is 0. The van der Waals surface area contributed by atoms with Crippen molar-refractivity contribution < 1.29 is 80.2 Å². The van der Waals surface area contributed by atoms with Gasteiger partial charge in [0, 0.05) is 25.7 Å². The van der Waals surface area contributed by atoms with Gasteiger partial charge in [-0.15, -0.1) is 0 Å². The highest BCUT2D eigenvalue weighted by molar-refractivity contribution is 7.47. The molecule has 3 unspecified atom stereocenters. The Bertz CT molecular complexity index is 1870. The molecule has 0 bridgehead atoms. The van der Waals surface area contributed by atoms with Gasteiger partial charge in [0.15, 0.2) is 12.2 Å². The molecule has 0 aliphatic heterocycles. The maximum Gasteiger partial charge on any atom is 0.472 e. The Hall–Kier alpha value is -1.94. The van der Waals surface area contributed by atoms with Crippen molar-refractivity contribution in [2.45, 2.75) is 414 Å². The zero-order valence-corrected chi connectivity index (χ0v) is 64.6. The molecule has 0 aliphatic carbocycles. The van der Waals surface area contributed by atoms with E-state index in [9.17, 15) is 43.2 Å². The molecular formula is C77H150O17P2. The van der Waals surface area contributed by atoms with Crippen LogP contribution in [-0.2, 0) is 65.4 Å². The summed E-state index contributed by atoms with van der Waals surface area (Å²) in [4.78, 5) is 72.8. The van der Waals surface area contributed by atoms with Crippen LogP contribution in [0.3, 0.4) is 0 Å². The third kappa shape index (κ3) is 69.2. The Morgan fingerprint density at radius 1 is 0.302 bits per heavy atom. The zero-order valence-electron chi connectivity index (χ0n) is 62.8. The molecule has 3 N–H and O–H groups in total. The van der Waals surface area contributed by atoms with Crippen LogP contribution in [0.25, 0.3) is 0 Å². The third-order valence-corrected chi connectivity index (χ3v) is 20.1. The monoisotopic (exact) mass is 1410 g/mol. The molecule has 0 aromatic carbocycles. The first-order valence-electron chi connectivity index (χ1n) is 39.9. The summed E-state index contributed by atoms with van der Waals surface area (Å²) in [6.07, 6.45) is 54.3. The Labute approximate surface area is 588 Å². The molecule has 0 heterocycles. The maximum atomic E-state index is 13.1. The van der Waals surface area contributed by atoms with Crippen molar-refractivity contribution in [2.24, 2.45) is 17.8 Å². The van der Waals surface area contributed by atoms with Crippen LogP contribution in [0.2, 0.25) is 0 Å². The molecule has 0 aromatic heterocycles. The minimum Gasteiger partial charge on any atom is -0.462 e. The Morgan fingerprint density at radius 2 is 0.531 bits per heavy atom. The van der Waals surface area contributed by atoms with Gasteiger partial charge in [0.25, 0.3) is 0 Å². The fourth-order valence-corrected chi connectivity index (χ4v) is 13.3. The molecule has 0 saturated carbocycles. The molecular weight excluding hydrogens is 1260 g/mol. The molecule has 0 fully saturated rings. The van der Waals surface area contributed by atoms with Crippen molar-refractivity contribution in [3.63, 3.8) is 0 Å². The lowest BCUT2D eigenvalue weighted by Gasteiger charge is -2.21. The van der Waals surface area contributed by atoms with E-state index in [1.54, 1.807) is 0 Å². The lowest BCUT2D eigenvalue weighted by Crippen LogP contribution is -2.30. The molecule has 6 atom stereocenters. The van der Waals surface area contributed by atoms with Crippen LogP contribution >= 0.6 is 15.6 Å². The van der Waals surface area contributed by atoms with E-state index in [-0.39, 0.29) is 25.7 Å². The van der Waals surface area contributed by atoms with Gasteiger partial charge in [-0.1, -0.05) is 344 Å². The van der Waals surface area contributed by atoms with Gasteiger partial charge in [0.2, 0.25) is 0 Å². The van der Waals surface area contributed by atoms with Crippen LogP contribution in [0.5, 0.6) is 0 Å². The number of carbonyl (C=O) groups is 4. The number of unbranched alkanes of at least 4 members (excludes halogenated alkanes) is 42. The van der Waals surface area contributed by atoms with E-state index in [1.807, 2.05) is 0 Å². The van der Waals surface area contributed by atoms with Crippen molar-refractivity contribution >= 4 is 39.5 Å². The van der Waals surface area contributed by atoms with Crippen LogP contribution in [-0.4, -0.2) is 96.7 Å². The van der Waals surface area contributed by atoms with Crippen molar-refractivity contribution in [3.05, 3.63) is 0 Å². The van der Waals surface area contributed by atoms with E-state index in [0.29, 0.717) is 31.6 Å². The number of carbonyl (C=O) groups excluding carboxylic acids is 4. The fourth-order valence-electron chi connectivity index (χ4n) is 11.7. The molecule has 0 aliphatic rings. The number of hydrogen-bond acceptors (Lipinski definition) is 15. The highest BCUT2D eigenvalue weighted by Gasteiger charge is 2.30. The molecule has 19 heteroatoms. The highest BCUT2D eigenvalue weighted by Crippen LogP contribution is 2.45. The van der Waals surface area contributed by atoms with Gasteiger partial charge in [-0.25, -0.2) is 9.13 Å². The number of esters is 4. The van der Waals surface area contributed by atoms with E-state index in [1.165, 1.54) is 199 Å². The molecule has 0 spiro atoms.